The summed E-state index contributed by atoms with van der Waals surface area (Å²) in [6, 6.07) is 14.0. The van der Waals surface area contributed by atoms with Crippen molar-refractivity contribution in [3.8, 4) is 6.07 Å². The lowest BCUT2D eigenvalue weighted by Gasteiger charge is -2.27. The standard InChI is InChI=1S/C28H24Cl2N6O3/c1-27(13-16-2-4-17(14-31)5-3-16)25(39)35(21-11-18(29)10-19(30)12-21)26-32-15-22(36(26)27)23(37)34-28(8-9-28)24(38)33-20-6-7-20/h2-5,10-12,15,20H,6-9,13H2,1H3,(H,33,38)(H,34,37). The van der Waals surface area contributed by atoms with Crippen molar-refractivity contribution < 1.29 is 14.4 Å². The lowest BCUT2D eigenvalue weighted by atomic mass is 9.91. The smallest absolute Gasteiger partial charge is 0.270 e. The Labute approximate surface area is 234 Å². The Morgan fingerprint density at radius 2 is 1.79 bits per heavy atom. The molecule has 198 valence electrons. The van der Waals surface area contributed by atoms with E-state index in [1.54, 1.807) is 54.0 Å². The Bertz CT molecular complexity index is 1550. The van der Waals surface area contributed by atoms with Crippen molar-refractivity contribution in [3.05, 3.63) is 75.5 Å². The molecule has 0 spiro atoms. The lowest BCUT2D eigenvalue weighted by molar-refractivity contribution is -0.124. The van der Waals surface area contributed by atoms with Crippen molar-refractivity contribution in [2.45, 2.75) is 56.1 Å². The van der Waals surface area contributed by atoms with Gasteiger partial charge in [-0.15, -0.1) is 0 Å². The van der Waals surface area contributed by atoms with Crippen LogP contribution in [0.1, 0.15) is 54.2 Å². The van der Waals surface area contributed by atoms with Gasteiger partial charge in [0.2, 0.25) is 11.9 Å². The number of nitrogens with one attached hydrogen (secondary N) is 2. The second-order valence-electron chi connectivity index (χ2n) is 10.6. The summed E-state index contributed by atoms with van der Waals surface area (Å²) >= 11 is 12.5. The molecule has 9 nitrogen and oxygen atoms in total. The normalized spacial score (nSPS) is 20.8. The first-order valence-corrected chi connectivity index (χ1v) is 13.4. The largest absolute Gasteiger partial charge is 0.351 e. The van der Waals surface area contributed by atoms with Gasteiger partial charge in [0, 0.05) is 22.5 Å². The van der Waals surface area contributed by atoms with Gasteiger partial charge in [0.1, 0.15) is 16.8 Å². The van der Waals surface area contributed by atoms with E-state index in [1.807, 2.05) is 0 Å². The van der Waals surface area contributed by atoms with Crippen LogP contribution in [0.3, 0.4) is 0 Å². The van der Waals surface area contributed by atoms with E-state index in [9.17, 15) is 19.6 Å². The molecule has 39 heavy (non-hydrogen) atoms. The first kappa shape index (κ1) is 25.4. The van der Waals surface area contributed by atoms with Gasteiger partial charge >= 0.3 is 0 Å². The third-order valence-corrected chi connectivity index (χ3v) is 7.96. The van der Waals surface area contributed by atoms with Crippen LogP contribution in [0.5, 0.6) is 0 Å². The summed E-state index contributed by atoms with van der Waals surface area (Å²) in [5.41, 5.74) is -0.327. The number of halogens is 2. The molecule has 2 heterocycles. The molecule has 1 unspecified atom stereocenters. The quantitative estimate of drug-likeness (QED) is 0.446. The molecular formula is C28H24Cl2N6O3. The maximum absolute atomic E-state index is 14.1. The number of benzene rings is 2. The molecule has 0 radical (unpaired) electrons. The summed E-state index contributed by atoms with van der Waals surface area (Å²) < 4.78 is 1.62. The Morgan fingerprint density at radius 3 is 2.38 bits per heavy atom. The number of fused-ring (bicyclic) bond motifs is 1. The van der Waals surface area contributed by atoms with Gasteiger partial charge in [0.05, 0.1) is 23.5 Å². The van der Waals surface area contributed by atoms with Crippen LogP contribution in [0.15, 0.2) is 48.7 Å². The zero-order chi connectivity index (χ0) is 27.5. The predicted molar refractivity (Wildman–Crippen MR) is 145 cm³/mol. The number of amides is 3. The SMILES string of the molecule is CC1(Cc2ccc(C#N)cc2)C(=O)N(c2cc(Cl)cc(Cl)c2)c2ncc(C(=O)NC3(C(=O)NC4CC4)CC3)n21. The van der Waals surface area contributed by atoms with Crippen LogP contribution in [0.25, 0.3) is 0 Å². The fourth-order valence-electron chi connectivity index (χ4n) is 5.09. The van der Waals surface area contributed by atoms with Gasteiger partial charge < -0.3 is 10.6 Å². The van der Waals surface area contributed by atoms with E-state index in [-0.39, 0.29) is 35.9 Å². The minimum atomic E-state index is -1.26. The van der Waals surface area contributed by atoms with Gasteiger partial charge in [-0.25, -0.2) is 9.88 Å². The second kappa shape index (κ2) is 9.11. The first-order valence-electron chi connectivity index (χ1n) is 12.6. The molecule has 2 fully saturated rings. The average Bonchev–Trinajstić information content (AvgIpc) is 3.81. The molecule has 1 atom stereocenters. The van der Waals surface area contributed by atoms with E-state index in [0.717, 1.165) is 18.4 Å². The van der Waals surface area contributed by atoms with Crippen molar-refractivity contribution in [2.75, 3.05) is 4.90 Å². The fourth-order valence-corrected chi connectivity index (χ4v) is 5.61. The summed E-state index contributed by atoms with van der Waals surface area (Å²) in [7, 11) is 0. The van der Waals surface area contributed by atoms with Crippen molar-refractivity contribution in [2.24, 2.45) is 0 Å². The van der Waals surface area contributed by atoms with Crippen molar-refractivity contribution in [3.63, 3.8) is 0 Å². The van der Waals surface area contributed by atoms with Gasteiger partial charge in [-0.2, -0.15) is 5.26 Å². The average molecular weight is 563 g/mol. The van der Waals surface area contributed by atoms with E-state index >= 15 is 0 Å². The molecule has 0 saturated heterocycles. The van der Waals surface area contributed by atoms with Gasteiger partial charge in [0.15, 0.2) is 0 Å². The number of nitriles is 1. The summed E-state index contributed by atoms with van der Waals surface area (Å²) in [4.78, 5) is 46.5. The van der Waals surface area contributed by atoms with Crippen LogP contribution in [-0.2, 0) is 21.5 Å². The molecular weight excluding hydrogens is 539 g/mol. The van der Waals surface area contributed by atoms with Crippen LogP contribution in [0.4, 0.5) is 11.6 Å². The van der Waals surface area contributed by atoms with Crippen LogP contribution in [-0.4, -0.2) is 38.9 Å². The predicted octanol–water partition coefficient (Wildman–Crippen LogP) is 4.24. The number of hydrogen-bond donors (Lipinski definition) is 2. The number of rotatable bonds is 7. The molecule has 1 aliphatic heterocycles. The minimum Gasteiger partial charge on any atom is -0.351 e. The lowest BCUT2D eigenvalue weighted by Crippen LogP contribution is -2.50. The number of carbonyl (C=O) groups excluding carboxylic acids is 3. The van der Waals surface area contributed by atoms with Gasteiger partial charge in [-0.1, -0.05) is 35.3 Å². The summed E-state index contributed by atoms with van der Waals surface area (Å²) in [5.74, 6) is -0.741. The van der Waals surface area contributed by atoms with Gasteiger partial charge in [-0.05, 0) is 68.5 Å². The number of nitrogens with zero attached hydrogens (tertiary/aromatic N) is 4. The highest BCUT2D eigenvalue weighted by atomic mass is 35.5. The van der Waals surface area contributed by atoms with E-state index in [2.05, 4.69) is 21.7 Å². The monoisotopic (exact) mass is 562 g/mol. The van der Waals surface area contributed by atoms with Crippen LogP contribution in [0.2, 0.25) is 10.0 Å². The van der Waals surface area contributed by atoms with Gasteiger partial charge in [-0.3, -0.25) is 19.0 Å². The number of aromatic nitrogens is 2. The fraction of sp³-hybridized carbons (Fsp3) is 0.321. The van der Waals surface area contributed by atoms with E-state index in [1.165, 1.54) is 11.1 Å². The molecule has 1 aromatic heterocycles. The summed E-state index contributed by atoms with van der Waals surface area (Å²) in [6.07, 6.45) is 4.64. The Kier molecular flexibility index (Phi) is 5.93. The minimum absolute atomic E-state index is 0.163. The van der Waals surface area contributed by atoms with E-state index in [4.69, 9.17) is 23.2 Å². The highest BCUT2D eigenvalue weighted by Gasteiger charge is 2.54. The molecule has 2 N–H and O–H groups in total. The molecule has 6 rings (SSSR count). The third kappa shape index (κ3) is 4.44. The molecule has 2 saturated carbocycles. The first-order chi connectivity index (χ1) is 18.6. The summed E-state index contributed by atoms with van der Waals surface area (Å²) in [5, 5.41) is 15.8. The van der Waals surface area contributed by atoms with E-state index in [0.29, 0.717) is 34.1 Å². The molecule has 11 heteroatoms. The van der Waals surface area contributed by atoms with Crippen LogP contribution < -0.4 is 15.5 Å². The van der Waals surface area contributed by atoms with Gasteiger partial charge in [0.25, 0.3) is 11.8 Å². The molecule has 3 aromatic rings. The number of imidazole rings is 1. The highest BCUT2D eigenvalue weighted by Crippen LogP contribution is 2.44. The Morgan fingerprint density at radius 1 is 1.13 bits per heavy atom. The van der Waals surface area contributed by atoms with Crippen molar-refractivity contribution in [1.82, 2.24) is 20.2 Å². The summed E-state index contributed by atoms with van der Waals surface area (Å²) in [6.45, 7) is 1.74. The molecule has 0 bridgehead atoms. The zero-order valence-electron chi connectivity index (χ0n) is 21.0. The van der Waals surface area contributed by atoms with Crippen molar-refractivity contribution in [1.29, 1.82) is 5.26 Å². The van der Waals surface area contributed by atoms with E-state index < -0.39 is 17.0 Å². The third-order valence-electron chi connectivity index (χ3n) is 7.52. The number of anilines is 2. The highest BCUT2D eigenvalue weighted by molar-refractivity contribution is 6.35. The number of carbonyl (C=O) groups is 3. The maximum atomic E-state index is 14.1. The van der Waals surface area contributed by atoms with Crippen molar-refractivity contribution >= 4 is 52.6 Å². The number of hydrogen-bond acceptors (Lipinski definition) is 5. The Balaban J connectivity index is 1.40. The molecule has 3 aliphatic rings. The van der Waals surface area contributed by atoms with Crippen LogP contribution >= 0.6 is 23.2 Å². The molecule has 2 aromatic carbocycles. The molecule has 2 aliphatic carbocycles. The second-order valence-corrected chi connectivity index (χ2v) is 11.5. The topological polar surface area (TPSA) is 120 Å². The zero-order valence-corrected chi connectivity index (χ0v) is 22.5. The van der Waals surface area contributed by atoms with Crippen LogP contribution in [0, 0.1) is 11.3 Å². The Hall–Kier alpha value is -3.87. The molecule has 3 amide bonds. The maximum Gasteiger partial charge on any atom is 0.270 e.